The fourth-order valence-electron chi connectivity index (χ4n) is 5.34. The maximum Gasteiger partial charge on any atom is 0.408 e. The van der Waals surface area contributed by atoms with Gasteiger partial charge in [0.25, 0.3) is 5.91 Å². The SMILES string of the molecule is C[C@H](N(Cc1ccc(F)cc1)C(=O)CN1CO[C@]2(C(=O)Cc3cc(NC(=O)[C@@H]4CCC(=O)N4)ccc32)C1=O)C(F)(F)F. The minimum atomic E-state index is -4.78. The third-order valence-electron chi connectivity index (χ3n) is 7.69. The third kappa shape index (κ3) is 5.33. The van der Waals surface area contributed by atoms with Crippen LogP contribution in [0.15, 0.2) is 42.5 Å². The lowest BCUT2D eigenvalue weighted by atomic mass is 9.94. The van der Waals surface area contributed by atoms with Gasteiger partial charge in [0.05, 0.1) is 0 Å². The number of carbonyl (C=O) groups is 5. The van der Waals surface area contributed by atoms with Gasteiger partial charge in [-0.05, 0) is 48.7 Å². The number of nitrogens with one attached hydrogen (secondary N) is 2. The molecule has 3 atom stereocenters. The highest BCUT2D eigenvalue weighted by molar-refractivity contribution is 6.15. The number of ether oxygens (including phenoxy) is 1. The number of amides is 4. The maximum atomic E-state index is 13.6. The number of ketones is 1. The highest BCUT2D eigenvalue weighted by Crippen LogP contribution is 2.43. The normalized spacial score (nSPS) is 22.4. The van der Waals surface area contributed by atoms with Crippen molar-refractivity contribution in [3.8, 4) is 0 Å². The van der Waals surface area contributed by atoms with Crippen molar-refractivity contribution in [3.63, 3.8) is 0 Å². The van der Waals surface area contributed by atoms with Crippen LogP contribution < -0.4 is 10.6 Å². The molecule has 0 saturated carbocycles. The van der Waals surface area contributed by atoms with E-state index < -0.39 is 73.0 Å². The molecule has 2 N–H and O–H groups in total. The molecule has 0 bridgehead atoms. The summed E-state index contributed by atoms with van der Waals surface area (Å²) in [5, 5.41) is 5.22. The van der Waals surface area contributed by atoms with Crippen LogP contribution in [0.2, 0.25) is 0 Å². The number of benzene rings is 2. The molecule has 2 saturated heterocycles. The first kappa shape index (κ1) is 29.2. The molecule has 14 heteroatoms. The van der Waals surface area contributed by atoms with Gasteiger partial charge in [0.1, 0.15) is 31.2 Å². The number of anilines is 1. The monoisotopic (exact) mass is 590 g/mol. The van der Waals surface area contributed by atoms with E-state index in [0.29, 0.717) is 22.6 Å². The van der Waals surface area contributed by atoms with Crippen molar-refractivity contribution in [2.45, 2.75) is 56.6 Å². The zero-order valence-electron chi connectivity index (χ0n) is 22.3. The first-order valence-corrected chi connectivity index (χ1v) is 13.1. The molecular weight excluding hydrogens is 564 g/mol. The van der Waals surface area contributed by atoms with Gasteiger partial charge in [-0.2, -0.15) is 13.2 Å². The predicted molar refractivity (Wildman–Crippen MR) is 137 cm³/mol. The van der Waals surface area contributed by atoms with Crippen LogP contribution in [0.3, 0.4) is 0 Å². The van der Waals surface area contributed by atoms with E-state index in [9.17, 15) is 41.5 Å². The molecule has 2 heterocycles. The summed E-state index contributed by atoms with van der Waals surface area (Å²) in [7, 11) is 0. The largest absolute Gasteiger partial charge is 0.408 e. The molecule has 2 fully saturated rings. The highest BCUT2D eigenvalue weighted by atomic mass is 19.4. The van der Waals surface area contributed by atoms with E-state index in [1.807, 2.05) is 0 Å². The number of Topliss-reactive ketones (excluding diaryl/α,β-unsaturated/α-hetero) is 1. The molecule has 1 spiro atoms. The minimum Gasteiger partial charge on any atom is -0.344 e. The summed E-state index contributed by atoms with van der Waals surface area (Å²) in [6.45, 7) is -0.986. The van der Waals surface area contributed by atoms with Gasteiger partial charge >= 0.3 is 6.18 Å². The number of hydrogen-bond acceptors (Lipinski definition) is 6. The van der Waals surface area contributed by atoms with Crippen LogP contribution in [0.4, 0.5) is 23.2 Å². The van der Waals surface area contributed by atoms with Crippen molar-refractivity contribution in [1.82, 2.24) is 15.1 Å². The Morgan fingerprint density at radius 2 is 1.88 bits per heavy atom. The summed E-state index contributed by atoms with van der Waals surface area (Å²) in [4.78, 5) is 65.1. The van der Waals surface area contributed by atoms with Crippen molar-refractivity contribution in [2.24, 2.45) is 0 Å². The van der Waals surface area contributed by atoms with Crippen LogP contribution in [-0.4, -0.2) is 70.7 Å². The van der Waals surface area contributed by atoms with Crippen molar-refractivity contribution < 1.29 is 46.3 Å². The van der Waals surface area contributed by atoms with Gasteiger partial charge in [-0.3, -0.25) is 24.0 Å². The van der Waals surface area contributed by atoms with Gasteiger partial charge in [0, 0.05) is 30.6 Å². The Morgan fingerprint density at radius 3 is 2.52 bits per heavy atom. The van der Waals surface area contributed by atoms with Gasteiger partial charge in [0.2, 0.25) is 23.3 Å². The summed E-state index contributed by atoms with van der Waals surface area (Å²) < 4.78 is 59.9. The maximum absolute atomic E-state index is 13.6. The summed E-state index contributed by atoms with van der Waals surface area (Å²) in [6, 6.07) is 6.14. The first-order chi connectivity index (χ1) is 19.8. The molecule has 4 amide bonds. The number of rotatable bonds is 7. The molecule has 1 aliphatic carbocycles. The van der Waals surface area contributed by atoms with Crippen LogP contribution in [0, 0.1) is 5.82 Å². The van der Waals surface area contributed by atoms with Crippen molar-refractivity contribution in [2.75, 3.05) is 18.6 Å². The van der Waals surface area contributed by atoms with Crippen molar-refractivity contribution in [1.29, 1.82) is 0 Å². The number of fused-ring (bicyclic) bond motifs is 2. The Balaban J connectivity index is 1.32. The number of halogens is 4. The summed E-state index contributed by atoms with van der Waals surface area (Å²) in [6.07, 6.45) is -4.41. The second-order valence-corrected chi connectivity index (χ2v) is 10.4. The fraction of sp³-hybridized carbons (Fsp3) is 0.393. The van der Waals surface area contributed by atoms with Crippen LogP contribution in [0.25, 0.3) is 0 Å². The van der Waals surface area contributed by atoms with Crippen LogP contribution in [0.5, 0.6) is 0 Å². The molecule has 222 valence electrons. The van der Waals surface area contributed by atoms with Gasteiger partial charge in [-0.1, -0.05) is 18.2 Å². The van der Waals surface area contributed by atoms with E-state index in [2.05, 4.69) is 10.6 Å². The van der Waals surface area contributed by atoms with E-state index >= 15 is 0 Å². The summed E-state index contributed by atoms with van der Waals surface area (Å²) in [5.74, 6) is -3.80. The second kappa shape index (κ2) is 10.8. The van der Waals surface area contributed by atoms with Crippen LogP contribution in [-0.2, 0) is 47.3 Å². The van der Waals surface area contributed by atoms with E-state index in [1.165, 1.54) is 30.3 Å². The lowest BCUT2D eigenvalue weighted by Crippen LogP contribution is -2.51. The first-order valence-electron chi connectivity index (χ1n) is 13.1. The quantitative estimate of drug-likeness (QED) is 0.376. The molecule has 42 heavy (non-hydrogen) atoms. The Morgan fingerprint density at radius 1 is 1.17 bits per heavy atom. The average molecular weight is 591 g/mol. The second-order valence-electron chi connectivity index (χ2n) is 10.4. The Bertz CT molecular complexity index is 1460. The Labute approximate surface area is 237 Å². The van der Waals surface area contributed by atoms with Gasteiger partial charge < -0.3 is 25.2 Å². The van der Waals surface area contributed by atoms with E-state index in [1.54, 1.807) is 0 Å². The minimum absolute atomic E-state index is 0.214. The van der Waals surface area contributed by atoms with Gasteiger partial charge in [-0.25, -0.2) is 4.39 Å². The zero-order chi connectivity index (χ0) is 30.4. The van der Waals surface area contributed by atoms with E-state index in [0.717, 1.165) is 24.0 Å². The average Bonchev–Trinajstić information content (AvgIpc) is 3.59. The number of carbonyl (C=O) groups excluding carboxylic acids is 5. The molecule has 3 aliphatic rings. The smallest absolute Gasteiger partial charge is 0.344 e. The molecule has 0 unspecified atom stereocenters. The molecule has 2 aromatic rings. The highest BCUT2D eigenvalue weighted by Gasteiger charge is 2.59. The van der Waals surface area contributed by atoms with E-state index in [4.69, 9.17) is 4.74 Å². The predicted octanol–water partition coefficient (Wildman–Crippen LogP) is 2.16. The molecular formula is C28H26F4N4O6. The fourth-order valence-corrected chi connectivity index (χ4v) is 5.34. The number of nitrogens with zero attached hydrogens (tertiary/aromatic N) is 2. The topological polar surface area (TPSA) is 125 Å². The van der Waals surface area contributed by atoms with Crippen LogP contribution >= 0.6 is 0 Å². The summed E-state index contributed by atoms with van der Waals surface area (Å²) >= 11 is 0. The van der Waals surface area contributed by atoms with Crippen LogP contribution in [0.1, 0.15) is 36.5 Å². The Kier molecular flexibility index (Phi) is 7.51. The molecule has 0 aromatic heterocycles. The Hall–Kier alpha value is -4.33. The summed E-state index contributed by atoms with van der Waals surface area (Å²) in [5.41, 5.74) is -0.862. The third-order valence-corrected chi connectivity index (χ3v) is 7.69. The zero-order valence-corrected chi connectivity index (χ0v) is 22.3. The number of alkyl halides is 3. The van der Waals surface area contributed by atoms with Crippen molar-refractivity contribution >= 4 is 35.1 Å². The molecule has 10 nitrogen and oxygen atoms in total. The lowest BCUT2D eigenvalue weighted by Gasteiger charge is -2.32. The standard InChI is InChI=1S/C28H26F4N4O6/c1-15(28(30,31)32)36(12-16-2-4-18(29)5-3-16)24(39)13-35-14-42-27(26(35)41)20-7-6-19(10-17(20)11-22(27)37)33-25(40)21-8-9-23(38)34-21/h2-7,10,15,21H,8-9,11-14H2,1H3,(H,33,40)(H,34,38)/t15-,21-,27+/m0/s1. The van der Waals surface area contributed by atoms with E-state index in [-0.39, 0.29) is 29.9 Å². The van der Waals surface area contributed by atoms with Crippen molar-refractivity contribution in [3.05, 3.63) is 65.0 Å². The van der Waals surface area contributed by atoms with Gasteiger partial charge in [0.15, 0.2) is 5.78 Å². The molecule has 5 rings (SSSR count). The molecule has 2 aromatic carbocycles. The molecule has 0 radical (unpaired) electrons. The lowest BCUT2D eigenvalue weighted by molar-refractivity contribution is -0.187. The number of hydrogen-bond donors (Lipinski definition) is 2. The molecule has 2 aliphatic heterocycles. The van der Waals surface area contributed by atoms with Gasteiger partial charge in [-0.15, -0.1) is 0 Å².